The summed E-state index contributed by atoms with van der Waals surface area (Å²) in [5.41, 5.74) is 5.02. The third-order valence-corrected chi connectivity index (χ3v) is 6.88. The van der Waals surface area contributed by atoms with E-state index in [0.29, 0.717) is 6.54 Å². The Morgan fingerprint density at radius 1 is 1.17 bits per heavy atom. The van der Waals surface area contributed by atoms with Crippen LogP contribution in [-0.4, -0.2) is 26.2 Å². The van der Waals surface area contributed by atoms with E-state index >= 15 is 0 Å². The molecule has 4 rings (SSSR count). The highest BCUT2D eigenvalue weighted by molar-refractivity contribution is 7.92. The summed E-state index contributed by atoms with van der Waals surface area (Å²) in [6.45, 7) is 0.560. The van der Waals surface area contributed by atoms with E-state index in [1.807, 2.05) is 12.1 Å². The third kappa shape index (κ3) is 2.87. The summed E-state index contributed by atoms with van der Waals surface area (Å²) in [6.07, 6.45) is 3.01. The molecule has 0 aliphatic carbocycles. The molecule has 4 nitrogen and oxygen atoms in total. The predicted molar refractivity (Wildman–Crippen MR) is 101 cm³/mol. The van der Waals surface area contributed by atoms with E-state index in [1.54, 1.807) is 22.7 Å². The third-order valence-electron chi connectivity index (χ3n) is 4.12. The number of thiophene rings is 1. The molecular weight excluding hydrogens is 360 g/mol. The molecule has 0 unspecified atom stereocenters. The van der Waals surface area contributed by atoms with Crippen LogP contribution >= 0.6 is 22.7 Å². The molecule has 1 aromatic carbocycles. The summed E-state index contributed by atoms with van der Waals surface area (Å²) in [4.78, 5) is 4.73. The SMILES string of the molecule is CS(=O)(=O)N1CCCc2cc(-c3csc(-c4ccsc4)n3)ccc21. The van der Waals surface area contributed by atoms with Crippen LogP contribution in [0.25, 0.3) is 21.8 Å². The molecule has 0 fully saturated rings. The Kier molecular flexibility index (Phi) is 3.94. The molecule has 24 heavy (non-hydrogen) atoms. The van der Waals surface area contributed by atoms with Crippen LogP contribution in [0.2, 0.25) is 0 Å². The Bertz CT molecular complexity index is 975. The number of aryl methyl sites for hydroxylation is 1. The molecule has 0 bridgehead atoms. The van der Waals surface area contributed by atoms with Gasteiger partial charge in [0, 0.05) is 28.4 Å². The Hall–Kier alpha value is -1.70. The van der Waals surface area contributed by atoms with E-state index in [2.05, 4.69) is 28.3 Å². The second kappa shape index (κ2) is 5.98. The molecule has 1 aliphatic heterocycles. The fourth-order valence-corrected chi connectivity index (χ4v) is 5.53. The second-order valence-electron chi connectivity index (χ2n) is 5.83. The molecule has 3 aromatic rings. The van der Waals surface area contributed by atoms with Gasteiger partial charge in [-0.05, 0) is 42.0 Å². The zero-order valence-corrected chi connectivity index (χ0v) is 15.5. The first-order valence-electron chi connectivity index (χ1n) is 7.61. The Morgan fingerprint density at radius 2 is 2.04 bits per heavy atom. The highest BCUT2D eigenvalue weighted by Gasteiger charge is 2.24. The molecule has 2 aromatic heterocycles. The normalized spacial score (nSPS) is 14.6. The maximum Gasteiger partial charge on any atom is 0.232 e. The standard InChI is InChI=1S/C17H16N2O2S3/c1-24(20,21)19-7-2-3-13-9-12(4-5-16(13)19)15-11-23-17(18-15)14-6-8-22-10-14/h4-6,8-11H,2-3,7H2,1H3. The lowest BCUT2D eigenvalue weighted by Crippen LogP contribution is -2.34. The summed E-state index contributed by atoms with van der Waals surface area (Å²) in [6, 6.07) is 8.03. The minimum atomic E-state index is -3.22. The van der Waals surface area contributed by atoms with Gasteiger partial charge < -0.3 is 0 Å². The Balaban J connectivity index is 1.71. The molecule has 0 saturated carbocycles. The van der Waals surface area contributed by atoms with E-state index < -0.39 is 10.0 Å². The lowest BCUT2D eigenvalue weighted by Gasteiger charge is -2.29. The van der Waals surface area contributed by atoms with Gasteiger partial charge >= 0.3 is 0 Å². The summed E-state index contributed by atoms with van der Waals surface area (Å²) in [7, 11) is -3.22. The van der Waals surface area contributed by atoms with Crippen LogP contribution in [0.4, 0.5) is 5.69 Å². The number of benzene rings is 1. The van der Waals surface area contributed by atoms with Crippen LogP contribution in [0, 0.1) is 0 Å². The fourth-order valence-electron chi connectivity index (χ4n) is 2.99. The average Bonchev–Trinajstić information content (AvgIpc) is 3.23. The molecule has 124 valence electrons. The van der Waals surface area contributed by atoms with Crippen LogP contribution in [-0.2, 0) is 16.4 Å². The molecular formula is C17H16N2O2S3. The van der Waals surface area contributed by atoms with Crippen LogP contribution < -0.4 is 4.31 Å². The number of nitrogens with zero attached hydrogens (tertiary/aromatic N) is 2. The summed E-state index contributed by atoms with van der Waals surface area (Å²) >= 11 is 3.30. The average molecular weight is 377 g/mol. The molecule has 0 N–H and O–H groups in total. The summed E-state index contributed by atoms with van der Waals surface area (Å²) in [5, 5.41) is 7.22. The van der Waals surface area contributed by atoms with E-state index in [-0.39, 0.29) is 0 Å². The van der Waals surface area contributed by atoms with Gasteiger partial charge in [-0.1, -0.05) is 6.07 Å². The highest BCUT2D eigenvalue weighted by Crippen LogP contribution is 2.35. The number of sulfonamides is 1. The number of aromatic nitrogens is 1. The number of rotatable bonds is 3. The van der Waals surface area contributed by atoms with Gasteiger partial charge in [-0.3, -0.25) is 4.31 Å². The number of thiazole rings is 1. The second-order valence-corrected chi connectivity index (χ2v) is 9.38. The minimum Gasteiger partial charge on any atom is -0.270 e. The van der Waals surface area contributed by atoms with Gasteiger partial charge in [0.1, 0.15) is 5.01 Å². The van der Waals surface area contributed by atoms with Crippen molar-refractivity contribution in [1.82, 2.24) is 4.98 Å². The molecule has 3 heterocycles. The predicted octanol–water partition coefficient (Wildman–Crippen LogP) is 4.25. The maximum atomic E-state index is 12.0. The number of fused-ring (bicyclic) bond motifs is 1. The van der Waals surface area contributed by atoms with Crippen molar-refractivity contribution in [2.45, 2.75) is 12.8 Å². The lowest BCUT2D eigenvalue weighted by molar-refractivity contribution is 0.592. The highest BCUT2D eigenvalue weighted by atomic mass is 32.2. The van der Waals surface area contributed by atoms with Crippen molar-refractivity contribution in [3.05, 3.63) is 46.0 Å². The molecule has 0 saturated heterocycles. The van der Waals surface area contributed by atoms with Crippen LogP contribution in [0.3, 0.4) is 0 Å². The monoisotopic (exact) mass is 376 g/mol. The Morgan fingerprint density at radius 3 is 2.79 bits per heavy atom. The van der Waals surface area contributed by atoms with Crippen molar-refractivity contribution in [2.24, 2.45) is 0 Å². The summed E-state index contributed by atoms with van der Waals surface area (Å²) < 4.78 is 25.4. The van der Waals surface area contributed by atoms with Gasteiger partial charge in [0.25, 0.3) is 0 Å². The van der Waals surface area contributed by atoms with Crippen molar-refractivity contribution < 1.29 is 8.42 Å². The summed E-state index contributed by atoms with van der Waals surface area (Å²) in [5.74, 6) is 0. The fraction of sp³-hybridized carbons (Fsp3) is 0.235. The molecule has 0 spiro atoms. The molecule has 1 aliphatic rings. The molecule has 0 radical (unpaired) electrons. The number of anilines is 1. The van der Waals surface area contributed by atoms with Gasteiger partial charge in [0.05, 0.1) is 17.6 Å². The maximum absolute atomic E-state index is 12.0. The quantitative estimate of drug-likeness (QED) is 0.687. The number of hydrogen-bond acceptors (Lipinski definition) is 5. The molecule has 0 atom stereocenters. The van der Waals surface area contributed by atoms with Gasteiger partial charge in [-0.25, -0.2) is 13.4 Å². The first kappa shape index (κ1) is 15.8. The van der Waals surface area contributed by atoms with Crippen molar-refractivity contribution in [3.63, 3.8) is 0 Å². The van der Waals surface area contributed by atoms with E-state index in [9.17, 15) is 8.42 Å². The van der Waals surface area contributed by atoms with Crippen molar-refractivity contribution in [2.75, 3.05) is 17.1 Å². The number of hydrogen-bond donors (Lipinski definition) is 0. The smallest absolute Gasteiger partial charge is 0.232 e. The van der Waals surface area contributed by atoms with E-state index in [0.717, 1.165) is 45.9 Å². The molecule has 7 heteroatoms. The largest absolute Gasteiger partial charge is 0.270 e. The van der Waals surface area contributed by atoms with Gasteiger partial charge in [0.2, 0.25) is 10.0 Å². The zero-order chi connectivity index (χ0) is 16.7. The van der Waals surface area contributed by atoms with Crippen LogP contribution in [0.15, 0.2) is 40.4 Å². The van der Waals surface area contributed by atoms with Crippen LogP contribution in [0.5, 0.6) is 0 Å². The Labute approximate surface area is 149 Å². The minimum absolute atomic E-state index is 0.560. The van der Waals surface area contributed by atoms with Crippen molar-refractivity contribution >= 4 is 38.4 Å². The van der Waals surface area contributed by atoms with Gasteiger partial charge in [0.15, 0.2) is 0 Å². The zero-order valence-electron chi connectivity index (χ0n) is 13.1. The van der Waals surface area contributed by atoms with Crippen LogP contribution in [0.1, 0.15) is 12.0 Å². The van der Waals surface area contributed by atoms with Gasteiger partial charge in [-0.15, -0.1) is 11.3 Å². The van der Waals surface area contributed by atoms with E-state index in [1.165, 1.54) is 10.6 Å². The first-order valence-corrected chi connectivity index (χ1v) is 11.3. The van der Waals surface area contributed by atoms with Crippen molar-refractivity contribution in [3.8, 4) is 21.8 Å². The topological polar surface area (TPSA) is 50.3 Å². The first-order chi connectivity index (χ1) is 11.5. The van der Waals surface area contributed by atoms with Crippen molar-refractivity contribution in [1.29, 1.82) is 0 Å². The lowest BCUT2D eigenvalue weighted by atomic mass is 10.00. The molecule has 0 amide bonds. The van der Waals surface area contributed by atoms with Gasteiger partial charge in [-0.2, -0.15) is 11.3 Å². The van der Waals surface area contributed by atoms with E-state index in [4.69, 9.17) is 4.98 Å².